The lowest BCUT2D eigenvalue weighted by Gasteiger charge is -2.09. The van der Waals surface area contributed by atoms with Gasteiger partial charge in [-0.15, -0.1) is 5.10 Å². The number of nitrogens with one attached hydrogen (secondary N) is 1. The second-order valence-electron chi connectivity index (χ2n) is 4.29. The van der Waals surface area contributed by atoms with Gasteiger partial charge in [0, 0.05) is 13.6 Å². The van der Waals surface area contributed by atoms with Crippen LogP contribution in [0.4, 0.5) is 5.82 Å². The molecule has 2 rings (SSSR count). The molecule has 7 nitrogen and oxygen atoms in total. The predicted octanol–water partition coefficient (Wildman–Crippen LogP) is 0.279. The molecule has 1 atom stereocenters. The summed E-state index contributed by atoms with van der Waals surface area (Å²) in [6.45, 7) is 3.52. The molecule has 0 spiro atoms. The van der Waals surface area contributed by atoms with Crippen LogP contribution in [-0.4, -0.2) is 38.1 Å². The zero-order valence-electron chi connectivity index (χ0n) is 10.5. The minimum Gasteiger partial charge on any atom is -0.368 e. The summed E-state index contributed by atoms with van der Waals surface area (Å²) in [7, 11) is 1.81. The molecule has 0 saturated heterocycles. The highest BCUT2D eigenvalue weighted by Crippen LogP contribution is 2.12. The highest BCUT2D eigenvalue weighted by molar-refractivity contribution is 5.52. The molecule has 2 heterocycles. The van der Waals surface area contributed by atoms with E-state index in [9.17, 15) is 0 Å². The lowest BCUT2D eigenvalue weighted by Crippen LogP contribution is -2.20. The maximum Gasteiger partial charge on any atom is 0.144 e. The van der Waals surface area contributed by atoms with Gasteiger partial charge in [0.25, 0.3) is 0 Å². The normalized spacial score (nSPS) is 12.4. The summed E-state index contributed by atoms with van der Waals surface area (Å²) in [5.41, 5.74) is 6.97. The minimum atomic E-state index is 0.409. The molecule has 7 heteroatoms. The van der Waals surface area contributed by atoms with Gasteiger partial charge in [0.15, 0.2) is 0 Å². The van der Waals surface area contributed by atoms with Crippen molar-refractivity contribution < 1.29 is 0 Å². The lowest BCUT2D eigenvalue weighted by atomic mass is 10.2. The summed E-state index contributed by atoms with van der Waals surface area (Å²) >= 11 is 0. The lowest BCUT2D eigenvalue weighted by molar-refractivity contribution is 0.627. The van der Waals surface area contributed by atoms with Crippen molar-refractivity contribution in [3.8, 4) is 11.4 Å². The van der Waals surface area contributed by atoms with Crippen molar-refractivity contribution in [3.63, 3.8) is 0 Å². The second kappa shape index (κ2) is 5.54. The Balaban J connectivity index is 2.01. The van der Waals surface area contributed by atoms with Gasteiger partial charge in [0.1, 0.15) is 17.2 Å². The van der Waals surface area contributed by atoms with Crippen molar-refractivity contribution in [1.82, 2.24) is 25.0 Å². The first-order valence-corrected chi connectivity index (χ1v) is 5.81. The monoisotopic (exact) mass is 247 g/mol. The molecule has 0 fully saturated rings. The molecule has 0 radical (unpaired) electrons. The highest BCUT2D eigenvalue weighted by Gasteiger charge is 2.05. The van der Waals surface area contributed by atoms with E-state index in [1.165, 1.54) is 0 Å². The van der Waals surface area contributed by atoms with Crippen LogP contribution in [0.5, 0.6) is 0 Å². The Morgan fingerprint density at radius 2 is 2.17 bits per heavy atom. The maximum absolute atomic E-state index is 5.55. The van der Waals surface area contributed by atoms with E-state index >= 15 is 0 Å². The van der Waals surface area contributed by atoms with Crippen molar-refractivity contribution in [2.45, 2.75) is 6.92 Å². The summed E-state index contributed by atoms with van der Waals surface area (Å²) in [5.74, 6) is 1.15. The van der Waals surface area contributed by atoms with E-state index in [1.54, 1.807) is 23.3 Å². The van der Waals surface area contributed by atoms with E-state index in [-0.39, 0.29) is 0 Å². The van der Waals surface area contributed by atoms with Gasteiger partial charge in [0.05, 0.1) is 18.6 Å². The van der Waals surface area contributed by atoms with Gasteiger partial charge in [-0.3, -0.25) is 4.68 Å². The van der Waals surface area contributed by atoms with Crippen LogP contribution in [-0.2, 0) is 7.05 Å². The third kappa shape index (κ3) is 3.01. The molecule has 1 unspecified atom stereocenters. The molecule has 0 aliphatic heterocycles. The summed E-state index contributed by atoms with van der Waals surface area (Å²) in [5, 5.41) is 11.0. The Hall–Kier alpha value is -2.02. The van der Waals surface area contributed by atoms with Crippen molar-refractivity contribution in [3.05, 3.63) is 18.6 Å². The van der Waals surface area contributed by atoms with Crippen LogP contribution in [0.25, 0.3) is 11.4 Å². The van der Waals surface area contributed by atoms with Gasteiger partial charge in [-0.2, -0.15) is 0 Å². The first-order chi connectivity index (χ1) is 8.69. The summed E-state index contributed by atoms with van der Waals surface area (Å²) in [4.78, 5) is 8.57. The number of nitrogens with zero attached hydrogens (tertiary/aromatic N) is 5. The molecule has 0 aromatic carbocycles. The Labute approximate surface area is 105 Å². The maximum atomic E-state index is 5.55. The molecule has 0 aliphatic rings. The third-order valence-electron chi connectivity index (χ3n) is 2.55. The van der Waals surface area contributed by atoms with Crippen LogP contribution in [0.1, 0.15) is 6.92 Å². The Kier molecular flexibility index (Phi) is 3.83. The topological polar surface area (TPSA) is 94.5 Å². The summed E-state index contributed by atoms with van der Waals surface area (Å²) in [6, 6.07) is 0. The minimum absolute atomic E-state index is 0.409. The molecule has 18 heavy (non-hydrogen) atoms. The number of anilines is 1. The third-order valence-corrected chi connectivity index (χ3v) is 2.55. The van der Waals surface area contributed by atoms with E-state index in [2.05, 4.69) is 32.5 Å². The number of aromatic nitrogens is 5. The average molecular weight is 247 g/mol. The molecule has 2 aromatic heterocycles. The van der Waals surface area contributed by atoms with Crippen LogP contribution in [0.2, 0.25) is 0 Å². The molecule has 96 valence electrons. The second-order valence-corrected chi connectivity index (χ2v) is 4.29. The van der Waals surface area contributed by atoms with Gasteiger partial charge >= 0.3 is 0 Å². The Morgan fingerprint density at radius 1 is 1.33 bits per heavy atom. The number of hydrogen-bond acceptors (Lipinski definition) is 6. The summed E-state index contributed by atoms with van der Waals surface area (Å²) in [6.07, 6.45) is 5.17. The molecule has 0 amide bonds. The standard InChI is InChI=1S/C11H17N7/c1-8(3-12)4-14-11-6-13-9(5-15-11)10-7-18(2)17-16-10/h5-8H,3-4,12H2,1-2H3,(H,14,15). The van der Waals surface area contributed by atoms with E-state index in [0.29, 0.717) is 23.9 Å². The van der Waals surface area contributed by atoms with Gasteiger partial charge < -0.3 is 11.1 Å². The SMILES string of the molecule is CC(CN)CNc1cnc(-c2cn(C)nn2)cn1. The van der Waals surface area contributed by atoms with Crippen molar-refractivity contribution in [2.24, 2.45) is 18.7 Å². The molecule has 3 N–H and O–H groups in total. The highest BCUT2D eigenvalue weighted by atomic mass is 15.4. The van der Waals surface area contributed by atoms with Crippen molar-refractivity contribution in [2.75, 3.05) is 18.4 Å². The summed E-state index contributed by atoms with van der Waals surface area (Å²) < 4.78 is 1.63. The fraction of sp³-hybridized carbons (Fsp3) is 0.455. The van der Waals surface area contributed by atoms with Crippen molar-refractivity contribution in [1.29, 1.82) is 0 Å². The number of aryl methyl sites for hydroxylation is 1. The Morgan fingerprint density at radius 3 is 2.72 bits per heavy atom. The molecular weight excluding hydrogens is 230 g/mol. The molecule has 0 saturated carbocycles. The number of nitrogens with two attached hydrogens (primary N) is 1. The smallest absolute Gasteiger partial charge is 0.144 e. The van der Waals surface area contributed by atoms with Gasteiger partial charge in [-0.25, -0.2) is 9.97 Å². The van der Waals surface area contributed by atoms with Crippen LogP contribution in [0, 0.1) is 5.92 Å². The van der Waals surface area contributed by atoms with Gasteiger partial charge in [-0.1, -0.05) is 12.1 Å². The van der Waals surface area contributed by atoms with E-state index in [4.69, 9.17) is 5.73 Å². The average Bonchev–Trinajstić information content (AvgIpc) is 2.83. The Bertz CT molecular complexity index is 490. The van der Waals surface area contributed by atoms with Crippen LogP contribution < -0.4 is 11.1 Å². The van der Waals surface area contributed by atoms with Gasteiger partial charge in [0.2, 0.25) is 0 Å². The van der Waals surface area contributed by atoms with E-state index in [1.807, 2.05) is 7.05 Å². The molecule has 0 bridgehead atoms. The van der Waals surface area contributed by atoms with Crippen LogP contribution >= 0.6 is 0 Å². The number of rotatable bonds is 5. The van der Waals surface area contributed by atoms with Crippen LogP contribution in [0.15, 0.2) is 18.6 Å². The first-order valence-electron chi connectivity index (χ1n) is 5.81. The zero-order chi connectivity index (χ0) is 13.0. The quantitative estimate of drug-likeness (QED) is 0.788. The molecule has 0 aliphatic carbocycles. The first kappa shape index (κ1) is 12.4. The van der Waals surface area contributed by atoms with Crippen molar-refractivity contribution >= 4 is 5.82 Å². The van der Waals surface area contributed by atoms with Gasteiger partial charge in [-0.05, 0) is 12.5 Å². The predicted molar refractivity (Wildman–Crippen MR) is 68.7 cm³/mol. The van der Waals surface area contributed by atoms with E-state index in [0.717, 1.165) is 12.4 Å². The fourth-order valence-corrected chi connectivity index (χ4v) is 1.38. The molecular formula is C11H17N7. The fourth-order valence-electron chi connectivity index (χ4n) is 1.38. The largest absolute Gasteiger partial charge is 0.368 e. The van der Waals surface area contributed by atoms with Crippen LogP contribution in [0.3, 0.4) is 0 Å². The number of hydrogen-bond donors (Lipinski definition) is 2. The zero-order valence-corrected chi connectivity index (χ0v) is 10.5. The van der Waals surface area contributed by atoms with E-state index < -0.39 is 0 Å². The molecule has 2 aromatic rings.